The van der Waals surface area contributed by atoms with Crippen molar-refractivity contribution in [3.05, 3.63) is 0 Å². The Morgan fingerprint density at radius 2 is 1.43 bits per heavy atom. The van der Waals surface area contributed by atoms with E-state index in [1.807, 2.05) is 27.7 Å². The predicted molar refractivity (Wildman–Crippen MR) is 68.7 cm³/mol. The van der Waals surface area contributed by atoms with Crippen molar-refractivity contribution in [2.24, 2.45) is 17.8 Å². The quantitative estimate of drug-likeness (QED) is 0.550. The summed E-state index contributed by atoms with van der Waals surface area (Å²) in [5, 5.41) is 0. The van der Waals surface area contributed by atoms with Crippen LogP contribution in [-0.4, -0.2) is 0 Å². The van der Waals surface area contributed by atoms with E-state index < -0.39 is 0 Å². The Kier molecular flexibility index (Phi) is 13.0. The molecule has 0 saturated heterocycles. The van der Waals surface area contributed by atoms with Gasteiger partial charge in [-0.1, -0.05) is 61.3 Å². The van der Waals surface area contributed by atoms with Crippen LogP contribution >= 0.6 is 0 Å². The fourth-order valence-corrected chi connectivity index (χ4v) is 2.45. The van der Waals surface area contributed by atoms with Crippen molar-refractivity contribution in [1.29, 1.82) is 0 Å². The summed E-state index contributed by atoms with van der Waals surface area (Å²) < 4.78 is 0. The first-order chi connectivity index (χ1) is 6.74. The molecule has 0 bridgehead atoms. The lowest BCUT2D eigenvalue weighted by Crippen LogP contribution is -2.02. The van der Waals surface area contributed by atoms with Crippen LogP contribution in [0.2, 0.25) is 0 Å². The Balaban J connectivity index is 0. The minimum atomic E-state index is 1.01. The maximum absolute atomic E-state index is 2.42. The van der Waals surface area contributed by atoms with Crippen LogP contribution in [0.3, 0.4) is 0 Å². The van der Waals surface area contributed by atoms with Gasteiger partial charge in [0, 0.05) is 0 Å². The van der Waals surface area contributed by atoms with E-state index >= 15 is 0 Å². The van der Waals surface area contributed by atoms with E-state index in [4.69, 9.17) is 0 Å². The average Bonchev–Trinajstić information content (AvgIpc) is 2.53. The van der Waals surface area contributed by atoms with Gasteiger partial charge in [-0.15, -0.1) is 0 Å². The standard InChI is InChI=1S/C10H20.2C2H6/c1-4-5-10-7-8(2)6-9(10)3;2*1-2/h8-10H,4-7H2,1-3H3;2*1-2H3. The molecule has 3 atom stereocenters. The van der Waals surface area contributed by atoms with E-state index in [1.54, 1.807) is 0 Å². The summed E-state index contributed by atoms with van der Waals surface area (Å²) in [5.41, 5.74) is 0. The molecule has 0 aromatic carbocycles. The van der Waals surface area contributed by atoms with Crippen LogP contribution in [0.15, 0.2) is 0 Å². The number of rotatable bonds is 2. The largest absolute Gasteiger partial charge is 0.0683 e. The second kappa shape index (κ2) is 11.1. The molecule has 3 unspecified atom stereocenters. The molecule has 0 nitrogen and oxygen atoms in total. The van der Waals surface area contributed by atoms with Crippen LogP contribution in [0.5, 0.6) is 0 Å². The molecule has 0 spiro atoms. The molecule has 1 fully saturated rings. The molecule has 0 aromatic rings. The first kappa shape index (κ1) is 16.4. The monoisotopic (exact) mass is 200 g/mol. The van der Waals surface area contributed by atoms with E-state index in [2.05, 4.69) is 20.8 Å². The normalized spacial score (nSPS) is 29.8. The van der Waals surface area contributed by atoms with E-state index in [-0.39, 0.29) is 0 Å². The zero-order valence-corrected chi connectivity index (χ0v) is 11.6. The molecule has 0 amide bonds. The van der Waals surface area contributed by atoms with Crippen molar-refractivity contribution in [2.75, 3.05) is 0 Å². The Bertz CT molecular complexity index is 96.2. The molecular formula is C14H32. The summed E-state index contributed by atoms with van der Waals surface area (Å²) in [4.78, 5) is 0. The van der Waals surface area contributed by atoms with Crippen molar-refractivity contribution in [1.82, 2.24) is 0 Å². The third kappa shape index (κ3) is 6.45. The SMILES string of the molecule is CC.CC.CCCC1CC(C)CC1C. The fourth-order valence-electron chi connectivity index (χ4n) is 2.45. The van der Waals surface area contributed by atoms with E-state index in [9.17, 15) is 0 Å². The molecule has 1 aliphatic rings. The van der Waals surface area contributed by atoms with E-state index in [1.165, 1.54) is 25.7 Å². The van der Waals surface area contributed by atoms with E-state index in [0.717, 1.165) is 17.8 Å². The second-order valence-corrected chi connectivity index (χ2v) is 4.10. The third-order valence-corrected chi connectivity index (χ3v) is 2.94. The van der Waals surface area contributed by atoms with Gasteiger partial charge < -0.3 is 0 Å². The Hall–Kier alpha value is 0. The highest BCUT2D eigenvalue weighted by Gasteiger charge is 2.27. The maximum Gasteiger partial charge on any atom is -0.0386 e. The zero-order chi connectivity index (χ0) is 11.6. The summed E-state index contributed by atoms with van der Waals surface area (Å²) in [6.45, 7) is 15.1. The lowest BCUT2D eigenvalue weighted by Gasteiger charge is -2.12. The van der Waals surface area contributed by atoms with Gasteiger partial charge in [0.15, 0.2) is 0 Å². The Labute approximate surface area is 92.5 Å². The van der Waals surface area contributed by atoms with Gasteiger partial charge in [-0.05, 0) is 30.6 Å². The van der Waals surface area contributed by atoms with Crippen LogP contribution in [0.4, 0.5) is 0 Å². The Morgan fingerprint density at radius 1 is 0.929 bits per heavy atom. The predicted octanol–water partition coefficient (Wildman–Crippen LogP) is 5.52. The van der Waals surface area contributed by atoms with Crippen molar-refractivity contribution in [2.45, 2.75) is 74.1 Å². The molecule has 88 valence electrons. The minimum Gasteiger partial charge on any atom is -0.0683 e. The molecule has 0 aromatic heterocycles. The number of hydrogen-bond donors (Lipinski definition) is 0. The summed E-state index contributed by atoms with van der Waals surface area (Å²) in [7, 11) is 0. The van der Waals surface area contributed by atoms with Gasteiger partial charge in [0.2, 0.25) is 0 Å². The summed E-state index contributed by atoms with van der Waals surface area (Å²) in [6, 6.07) is 0. The van der Waals surface area contributed by atoms with Crippen LogP contribution in [-0.2, 0) is 0 Å². The van der Waals surface area contributed by atoms with Crippen molar-refractivity contribution < 1.29 is 0 Å². The molecular weight excluding hydrogens is 168 g/mol. The molecule has 1 rings (SSSR count). The fraction of sp³-hybridized carbons (Fsp3) is 1.00. The molecule has 1 saturated carbocycles. The molecule has 0 N–H and O–H groups in total. The first-order valence-corrected chi connectivity index (χ1v) is 6.74. The minimum absolute atomic E-state index is 1.01. The topological polar surface area (TPSA) is 0 Å². The van der Waals surface area contributed by atoms with Gasteiger partial charge in [-0.25, -0.2) is 0 Å². The van der Waals surface area contributed by atoms with Crippen LogP contribution in [0, 0.1) is 17.8 Å². The summed E-state index contributed by atoms with van der Waals surface area (Å²) >= 11 is 0. The van der Waals surface area contributed by atoms with Crippen LogP contribution < -0.4 is 0 Å². The highest BCUT2D eigenvalue weighted by Crippen LogP contribution is 2.38. The third-order valence-electron chi connectivity index (χ3n) is 2.94. The van der Waals surface area contributed by atoms with Crippen molar-refractivity contribution >= 4 is 0 Å². The highest BCUT2D eigenvalue weighted by atomic mass is 14.3. The molecule has 14 heavy (non-hydrogen) atoms. The Morgan fingerprint density at radius 3 is 1.71 bits per heavy atom. The number of hydrogen-bond acceptors (Lipinski definition) is 0. The van der Waals surface area contributed by atoms with E-state index in [0.29, 0.717) is 0 Å². The van der Waals surface area contributed by atoms with Gasteiger partial charge >= 0.3 is 0 Å². The smallest absolute Gasteiger partial charge is 0.0386 e. The summed E-state index contributed by atoms with van der Waals surface area (Å²) in [6.07, 6.45) is 5.81. The molecule has 0 aliphatic heterocycles. The zero-order valence-electron chi connectivity index (χ0n) is 11.6. The van der Waals surface area contributed by atoms with Crippen LogP contribution in [0.1, 0.15) is 74.1 Å². The second-order valence-electron chi connectivity index (χ2n) is 4.10. The van der Waals surface area contributed by atoms with Gasteiger partial charge in [0.1, 0.15) is 0 Å². The lowest BCUT2D eigenvalue weighted by molar-refractivity contribution is 0.387. The summed E-state index contributed by atoms with van der Waals surface area (Å²) in [5.74, 6) is 3.07. The van der Waals surface area contributed by atoms with Crippen molar-refractivity contribution in [3.8, 4) is 0 Å². The molecule has 0 heteroatoms. The van der Waals surface area contributed by atoms with Crippen LogP contribution in [0.25, 0.3) is 0 Å². The van der Waals surface area contributed by atoms with Gasteiger partial charge in [-0.3, -0.25) is 0 Å². The average molecular weight is 200 g/mol. The highest BCUT2D eigenvalue weighted by molar-refractivity contribution is 4.78. The lowest BCUT2D eigenvalue weighted by atomic mass is 9.94. The van der Waals surface area contributed by atoms with Gasteiger partial charge in [0.05, 0.1) is 0 Å². The van der Waals surface area contributed by atoms with Crippen molar-refractivity contribution in [3.63, 3.8) is 0 Å². The van der Waals surface area contributed by atoms with Gasteiger partial charge in [0.25, 0.3) is 0 Å². The maximum atomic E-state index is 2.42. The van der Waals surface area contributed by atoms with Gasteiger partial charge in [-0.2, -0.15) is 0 Å². The molecule has 0 heterocycles. The molecule has 1 aliphatic carbocycles. The molecule has 0 radical (unpaired) electrons. The first-order valence-electron chi connectivity index (χ1n) is 6.74.